The molecule has 0 aliphatic carbocycles. The van der Waals surface area contributed by atoms with Gasteiger partial charge in [-0.1, -0.05) is 0 Å². The van der Waals surface area contributed by atoms with Crippen LogP contribution >= 0.6 is 0 Å². The second kappa shape index (κ2) is 5.33. The summed E-state index contributed by atoms with van der Waals surface area (Å²) in [5.41, 5.74) is 6.83. The second-order valence-corrected chi connectivity index (χ2v) is 6.09. The quantitative estimate of drug-likeness (QED) is 0.943. The van der Waals surface area contributed by atoms with Gasteiger partial charge in [0.25, 0.3) is 0 Å². The second-order valence-electron chi connectivity index (χ2n) is 6.09. The lowest BCUT2D eigenvalue weighted by Gasteiger charge is -2.16. The fraction of sp³-hybridized carbons (Fsp3) is 0.222. The molecule has 0 saturated heterocycles. The van der Waals surface area contributed by atoms with Crippen LogP contribution in [0, 0.1) is 11.3 Å². The summed E-state index contributed by atoms with van der Waals surface area (Å²) in [6.45, 7) is 3.95. The smallest absolute Gasteiger partial charge is 0.248 e. The number of amides is 1. The Balaban J connectivity index is 2.01. The van der Waals surface area contributed by atoms with E-state index in [2.05, 4.69) is 6.07 Å². The van der Waals surface area contributed by atoms with Crippen molar-refractivity contribution in [2.24, 2.45) is 5.73 Å². The first kappa shape index (κ1) is 14.9. The summed E-state index contributed by atoms with van der Waals surface area (Å²) in [6.07, 6.45) is 0.674. The Bertz CT molecular complexity index is 817. The predicted molar refractivity (Wildman–Crippen MR) is 84.6 cm³/mol. The average molecular weight is 308 g/mol. The lowest BCUT2D eigenvalue weighted by molar-refractivity contribution is 0.0998. The Morgan fingerprint density at radius 3 is 2.61 bits per heavy atom. The van der Waals surface area contributed by atoms with Crippen LogP contribution in [0.5, 0.6) is 17.2 Å². The normalized spacial score (nSPS) is 14.5. The number of nitrogens with two attached hydrogens (primary N) is 1. The molecule has 0 unspecified atom stereocenters. The van der Waals surface area contributed by atoms with E-state index in [9.17, 15) is 4.79 Å². The maximum Gasteiger partial charge on any atom is 0.248 e. The number of nitrogens with zero attached hydrogens (tertiary/aromatic N) is 1. The zero-order valence-corrected chi connectivity index (χ0v) is 12.9. The molecule has 0 radical (unpaired) electrons. The third kappa shape index (κ3) is 2.97. The highest BCUT2D eigenvalue weighted by molar-refractivity contribution is 5.94. The highest BCUT2D eigenvalue weighted by Gasteiger charge is 2.33. The van der Waals surface area contributed by atoms with Crippen molar-refractivity contribution in [2.75, 3.05) is 0 Å². The van der Waals surface area contributed by atoms with Crippen LogP contribution in [0.3, 0.4) is 0 Å². The van der Waals surface area contributed by atoms with Crippen LogP contribution in [0.25, 0.3) is 0 Å². The summed E-state index contributed by atoms with van der Waals surface area (Å²) >= 11 is 0. The van der Waals surface area contributed by atoms with E-state index in [4.69, 9.17) is 20.5 Å². The van der Waals surface area contributed by atoms with Gasteiger partial charge >= 0.3 is 0 Å². The molecular formula is C18H16N2O3. The maximum absolute atomic E-state index is 11.5. The molecule has 5 nitrogen and oxygen atoms in total. The molecule has 0 fully saturated rings. The van der Waals surface area contributed by atoms with Crippen molar-refractivity contribution in [3.8, 4) is 23.3 Å². The molecule has 2 aromatic carbocycles. The zero-order valence-electron chi connectivity index (χ0n) is 12.9. The number of nitriles is 1. The van der Waals surface area contributed by atoms with Gasteiger partial charge < -0.3 is 15.2 Å². The van der Waals surface area contributed by atoms with E-state index in [0.29, 0.717) is 34.8 Å². The first-order chi connectivity index (χ1) is 10.9. The van der Waals surface area contributed by atoms with Crippen molar-refractivity contribution < 1.29 is 14.3 Å². The zero-order chi connectivity index (χ0) is 16.6. The summed E-state index contributed by atoms with van der Waals surface area (Å²) in [5.74, 6) is 1.21. The number of carbonyl (C=O) groups excluding carboxylic acids is 1. The molecule has 2 N–H and O–H groups in total. The van der Waals surface area contributed by atoms with E-state index >= 15 is 0 Å². The molecule has 0 bridgehead atoms. The lowest BCUT2D eigenvalue weighted by Crippen LogP contribution is -2.24. The highest BCUT2D eigenvalue weighted by atomic mass is 16.5. The standard InChI is InChI=1S/C18H16N2O3/c1-18(2)9-14-15(7-12(17(20)21)8-16(14)23-18)22-13-5-3-11(10-19)4-6-13/h3-8H,9H2,1-2H3,(H2,20,21). The van der Waals surface area contributed by atoms with Crippen molar-refractivity contribution >= 4 is 5.91 Å². The topological polar surface area (TPSA) is 85.3 Å². The Labute approximate surface area is 134 Å². The number of benzene rings is 2. The molecule has 0 saturated carbocycles. The molecule has 0 aromatic heterocycles. The fourth-order valence-corrected chi connectivity index (χ4v) is 2.60. The number of hydrogen-bond acceptors (Lipinski definition) is 4. The van der Waals surface area contributed by atoms with Crippen LogP contribution in [-0.2, 0) is 6.42 Å². The molecular weight excluding hydrogens is 292 g/mol. The van der Waals surface area contributed by atoms with E-state index in [1.807, 2.05) is 13.8 Å². The summed E-state index contributed by atoms with van der Waals surface area (Å²) in [6, 6.07) is 12.1. The fourth-order valence-electron chi connectivity index (χ4n) is 2.60. The van der Waals surface area contributed by atoms with Crippen LogP contribution in [0.15, 0.2) is 36.4 Å². The van der Waals surface area contributed by atoms with Gasteiger partial charge in [-0.15, -0.1) is 0 Å². The number of fused-ring (bicyclic) bond motifs is 1. The number of rotatable bonds is 3. The Morgan fingerprint density at radius 2 is 2.00 bits per heavy atom. The van der Waals surface area contributed by atoms with Gasteiger partial charge in [0.2, 0.25) is 5.91 Å². The minimum absolute atomic E-state index is 0.338. The molecule has 0 spiro atoms. The van der Waals surface area contributed by atoms with Gasteiger partial charge in [0.15, 0.2) is 0 Å². The number of ether oxygens (including phenoxy) is 2. The average Bonchev–Trinajstić information content (AvgIpc) is 2.82. The van der Waals surface area contributed by atoms with E-state index < -0.39 is 5.91 Å². The Kier molecular flexibility index (Phi) is 3.45. The minimum atomic E-state index is -0.536. The van der Waals surface area contributed by atoms with Gasteiger partial charge in [-0.3, -0.25) is 4.79 Å². The Morgan fingerprint density at radius 1 is 1.30 bits per heavy atom. The molecule has 116 valence electrons. The summed E-state index contributed by atoms with van der Waals surface area (Å²) in [7, 11) is 0. The number of primary amides is 1. The largest absolute Gasteiger partial charge is 0.487 e. The van der Waals surface area contributed by atoms with Crippen molar-refractivity contribution in [1.29, 1.82) is 5.26 Å². The van der Waals surface area contributed by atoms with Gasteiger partial charge in [0.05, 0.1) is 11.6 Å². The summed E-state index contributed by atoms with van der Waals surface area (Å²) in [4.78, 5) is 11.5. The van der Waals surface area contributed by atoms with Crippen molar-refractivity contribution in [1.82, 2.24) is 0 Å². The number of hydrogen-bond donors (Lipinski definition) is 1. The van der Waals surface area contributed by atoms with Gasteiger partial charge in [0.1, 0.15) is 22.8 Å². The SMILES string of the molecule is CC1(C)Cc2c(Oc3ccc(C#N)cc3)cc(C(N)=O)cc2O1. The monoisotopic (exact) mass is 308 g/mol. The minimum Gasteiger partial charge on any atom is -0.487 e. The van der Waals surface area contributed by atoms with E-state index in [-0.39, 0.29) is 5.60 Å². The first-order valence-corrected chi connectivity index (χ1v) is 7.22. The van der Waals surface area contributed by atoms with Crippen molar-refractivity contribution in [3.63, 3.8) is 0 Å². The molecule has 1 aliphatic heterocycles. The van der Waals surface area contributed by atoms with Crippen molar-refractivity contribution in [2.45, 2.75) is 25.9 Å². The molecule has 23 heavy (non-hydrogen) atoms. The third-order valence-corrected chi connectivity index (χ3v) is 3.65. The van der Waals surface area contributed by atoms with Crippen LogP contribution < -0.4 is 15.2 Å². The summed E-state index contributed by atoms with van der Waals surface area (Å²) < 4.78 is 11.8. The van der Waals surface area contributed by atoms with E-state index in [1.165, 1.54) is 0 Å². The lowest BCUT2D eigenvalue weighted by atomic mass is 9.99. The van der Waals surface area contributed by atoms with Crippen LogP contribution in [0.1, 0.15) is 35.3 Å². The number of carbonyl (C=O) groups is 1. The molecule has 3 rings (SSSR count). The van der Waals surface area contributed by atoms with Crippen LogP contribution in [-0.4, -0.2) is 11.5 Å². The van der Waals surface area contributed by atoms with Gasteiger partial charge in [-0.05, 0) is 50.2 Å². The molecule has 0 atom stereocenters. The van der Waals surface area contributed by atoms with Crippen LogP contribution in [0.2, 0.25) is 0 Å². The molecule has 2 aromatic rings. The Hall–Kier alpha value is -3.00. The van der Waals surface area contributed by atoms with Gasteiger partial charge in [-0.2, -0.15) is 5.26 Å². The maximum atomic E-state index is 11.5. The highest BCUT2D eigenvalue weighted by Crippen LogP contribution is 2.42. The molecule has 1 heterocycles. The summed E-state index contributed by atoms with van der Waals surface area (Å²) in [5, 5.41) is 8.84. The third-order valence-electron chi connectivity index (χ3n) is 3.65. The predicted octanol–water partition coefficient (Wildman–Crippen LogP) is 3.16. The first-order valence-electron chi connectivity index (χ1n) is 7.22. The van der Waals surface area contributed by atoms with E-state index in [1.54, 1.807) is 36.4 Å². The van der Waals surface area contributed by atoms with Crippen molar-refractivity contribution in [3.05, 3.63) is 53.1 Å². The van der Waals surface area contributed by atoms with Crippen LogP contribution in [0.4, 0.5) is 0 Å². The van der Waals surface area contributed by atoms with E-state index in [0.717, 1.165) is 5.56 Å². The molecule has 5 heteroatoms. The van der Waals surface area contributed by atoms with Gasteiger partial charge in [0, 0.05) is 17.5 Å². The molecule has 1 aliphatic rings. The molecule has 1 amide bonds. The van der Waals surface area contributed by atoms with Gasteiger partial charge in [-0.25, -0.2) is 0 Å².